The SMILES string of the molecule is COc1cccc(-c2cc(CCC(=O)O)c3ccc(F)cc3n2)c1.Cl. The number of carboxylic acids is 1. The van der Waals surface area contributed by atoms with E-state index in [-0.39, 0.29) is 24.6 Å². The summed E-state index contributed by atoms with van der Waals surface area (Å²) in [6, 6.07) is 13.6. The Morgan fingerprint density at radius 3 is 2.72 bits per heavy atom. The maximum atomic E-state index is 13.6. The number of hydrogen-bond donors (Lipinski definition) is 1. The van der Waals surface area contributed by atoms with Gasteiger partial charge in [0, 0.05) is 23.4 Å². The molecule has 0 atom stereocenters. The first kappa shape index (κ1) is 18.7. The van der Waals surface area contributed by atoms with Gasteiger partial charge in [-0.3, -0.25) is 4.79 Å². The number of halogens is 2. The van der Waals surface area contributed by atoms with Crippen LogP contribution >= 0.6 is 12.4 Å². The highest BCUT2D eigenvalue weighted by molar-refractivity contribution is 5.86. The molecule has 25 heavy (non-hydrogen) atoms. The second-order valence-electron chi connectivity index (χ2n) is 5.45. The van der Waals surface area contributed by atoms with E-state index in [4.69, 9.17) is 9.84 Å². The molecule has 1 heterocycles. The van der Waals surface area contributed by atoms with Gasteiger partial charge in [-0.15, -0.1) is 12.4 Å². The second kappa shape index (κ2) is 7.94. The van der Waals surface area contributed by atoms with E-state index in [2.05, 4.69) is 4.98 Å². The highest BCUT2D eigenvalue weighted by atomic mass is 35.5. The van der Waals surface area contributed by atoms with E-state index in [1.165, 1.54) is 12.1 Å². The third-order valence-electron chi connectivity index (χ3n) is 3.83. The number of rotatable bonds is 5. The third kappa shape index (κ3) is 4.25. The number of aromatic nitrogens is 1. The minimum absolute atomic E-state index is 0. The molecule has 0 unspecified atom stereocenters. The Kier molecular flexibility index (Phi) is 5.93. The lowest BCUT2D eigenvalue weighted by molar-refractivity contribution is -0.136. The van der Waals surface area contributed by atoms with Crippen LogP contribution in [-0.4, -0.2) is 23.2 Å². The molecule has 130 valence electrons. The largest absolute Gasteiger partial charge is 0.497 e. The molecule has 3 aromatic rings. The normalized spacial score (nSPS) is 10.3. The molecule has 1 N–H and O–H groups in total. The summed E-state index contributed by atoms with van der Waals surface area (Å²) in [6.07, 6.45) is 0.366. The summed E-state index contributed by atoms with van der Waals surface area (Å²) < 4.78 is 18.8. The van der Waals surface area contributed by atoms with Crippen LogP contribution in [0.1, 0.15) is 12.0 Å². The summed E-state index contributed by atoms with van der Waals surface area (Å²) in [7, 11) is 1.58. The fraction of sp³-hybridized carbons (Fsp3) is 0.158. The van der Waals surface area contributed by atoms with E-state index in [9.17, 15) is 9.18 Å². The minimum Gasteiger partial charge on any atom is -0.497 e. The lowest BCUT2D eigenvalue weighted by Gasteiger charge is -2.10. The number of aryl methyl sites for hydroxylation is 1. The van der Waals surface area contributed by atoms with Crippen molar-refractivity contribution in [2.45, 2.75) is 12.8 Å². The van der Waals surface area contributed by atoms with Crippen molar-refractivity contribution in [3.8, 4) is 17.0 Å². The Hall–Kier alpha value is -2.66. The molecule has 0 bridgehead atoms. The summed E-state index contributed by atoms with van der Waals surface area (Å²) in [6.45, 7) is 0. The first-order chi connectivity index (χ1) is 11.6. The Bertz CT molecular complexity index is 914. The predicted molar refractivity (Wildman–Crippen MR) is 96.9 cm³/mol. The van der Waals surface area contributed by atoms with Crippen molar-refractivity contribution in [3.63, 3.8) is 0 Å². The van der Waals surface area contributed by atoms with E-state index in [1.807, 2.05) is 30.3 Å². The molecule has 0 aliphatic rings. The molecule has 6 heteroatoms. The highest BCUT2D eigenvalue weighted by Crippen LogP contribution is 2.28. The van der Waals surface area contributed by atoms with Crippen LogP contribution in [0.5, 0.6) is 5.75 Å². The van der Waals surface area contributed by atoms with Gasteiger partial charge in [0.25, 0.3) is 0 Å². The maximum Gasteiger partial charge on any atom is 0.303 e. The van der Waals surface area contributed by atoms with E-state index in [0.717, 1.165) is 16.5 Å². The average molecular weight is 362 g/mol. The zero-order chi connectivity index (χ0) is 17.1. The number of carboxylic acid groups (broad SMARTS) is 1. The average Bonchev–Trinajstić information content (AvgIpc) is 2.59. The number of carbonyl (C=O) groups is 1. The van der Waals surface area contributed by atoms with E-state index >= 15 is 0 Å². The quantitative estimate of drug-likeness (QED) is 0.727. The summed E-state index contributed by atoms with van der Waals surface area (Å²) >= 11 is 0. The first-order valence-corrected chi connectivity index (χ1v) is 7.52. The molecule has 1 aromatic heterocycles. The van der Waals surface area contributed by atoms with E-state index in [1.54, 1.807) is 13.2 Å². The molecule has 0 aliphatic carbocycles. The van der Waals surface area contributed by atoms with Crippen molar-refractivity contribution in [3.05, 3.63) is 59.9 Å². The van der Waals surface area contributed by atoms with Crippen molar-refractivity contribution in [1.82, 2.24) is 4.98 Å². The fourth-order valence-electron chi connectivity index (χ4n) is 2.65. The van der Waals surface area contributed by atoms with Gasteiger partial charge in [0.1, 0.15) is 11.6 Å². The van der Waals surface area contributed by atoms with Gasteiger partial charge >= 0.3 is 5.97 Å². The molecule has 0 saturated carbocycles. The van der Waals surface area contributed by atoms with Gasteiger partial charge in [-0.05, 0) is 42.3 Å². The van der Waals surface area contributed by atoms with Crippen molar-refractivity contribution < 1.29 is 19.0 Å². The fourth-order valence-corrected chi connectivity index (χ4v) is 2.65. The Morgan fingerprint density at radius 1 is 1.20 bits per heavy atom. The van der Waals surface area contributed by atoms with Crippen LogP contribution in [0.2, 0.25) is 0 Å². The number of hydrogen-bond acceptors (Lipinski definition) is 3. The second-order valence-corrected chi connectivity index (χ2v) is 5.45. The number of ether oxygens (including phenoxy) is 1. The summed E-state index contributed by atoms with van der Waals surface area (Å²) in [5.74, 6) is -0.548. The molecule has 0 saturated heterocycles. The number of aliphatic carboxylic acids is 1. The van der Waals surface area contributed by atoms with Gasteiger partial charge in [0.15, 0.2) is 0 Å². The van der Waals surface area contributed by atoms with Crippen molar-refractivity contribution in [1.29, 1.82) is 0 Å². The molecule has 0 aliphatic heterocycles. The molecule has 0 radical (unpaired) electrons. The number of methoxy groups -OCH3 is 1. The van der Waals surface area contributed by atoms with Gasteiger partial charge in [0.05, 0.1) is 18.3 Å². The number of nitrogens with zero attached hydrogens (tertiary/aromatic N) is 1. The van der Waals surface area contributed by atoms with E-state index < -0.39 is 5.97 Å². The Labute approximate surface area is 150 Å². The van der Waals surface area contributed by atoms with Crippen molar-refractivity contribution in [2.24, 2.45) is 0 Å². The minimum atomic E-state index is -0.870. The van der Waals surface area contributed by atoms with Crippen LogP contribution in [0, 0.1) is 5.82 Å². The zero-order valence-corrected chi connectivity index (χ0v) is 14.3. The molecule has 0 amide bonds. The molecule has 3 rings (SSSR count). The lowest BCUT2D eigenvalue weighted by atomic mass is 10.0. The van der Waals surface area contributed by atoms with Crippen LogP contribution in [0.15, 0.2) is 48.5 Å². The van der Waals surface area contributed by atoms with Crippen LogP contribution in [0.3, 0.4) is 0 Å². The van der Waals surface area contributed by atoms with Crippen molar-refractivity contribution >= 4 is 29.3 Å². The topological polar surface area (TPSA) is 59.4 Å². The molecular weight excluding hydrogens is 345 g/mol. The maximum absolute atomic E-state index is 13.6. The standard InChI is InChI=1S/C19H16FNO3.ClH/c1-24-15-4-2-3-13(9-15)17-10-12(5-8-19(22)23)16-7-6-14(20)11-18(16)21-17;/h2-4,6-7,9-11H,5,8H2,1H3,(H,22,23);1H. The molecular formula is C19H17ClFNO3. The predicted octanol–water partition coefficient (Wildman–Crippen LogP) is 4.49. The first-order valence-electron chi connectivity index (χ1n) is 7.52. The van der Waals surface area contributed by atoms with Crippen LogP contribution in [0.25, 0.3) is 22.2 Å². The van der Waals surface area contributed by atoms with Crippen LogP contribution in [0.4, 0.5) is 4.39 Å². The van der Waals surface area contributed by atoms with Gasteiger partial charge < -0.3 is 9.84 Å². The highest BCUT2D eigenvalue weighted by Gasteiger charge is 2.10. The molecule has 0 spiro atoms. The number of fused-ring (bicyclic) bond motifs is 1. The third-order valence-corrected chi connectivity index (χ3v) is 3.83. The smallest absolute Gasteiger partial charge is 0.303 e. The van der Waals surface area contributed by atoms with Gasteiger partial charge in [0.2, 0.25) is 0 Å². The summed E-state index contributed by atoms with van der Waals surface area (Å²) in [5, 5.41) is 9.72. The Morgan fingerprint density at radius 2 is 2.00 bits per heavy atom. The molecule has 0 fully saturated rings. The lowest BCUT2D eigenvalue weighted by Crippen LogP contribution is -2.00. The number of benzene rings is 2. The van der Waals surface area contributed by atoms with Gasteiger partial charge in [-0.2, -0.15) is 0 Å². The molecule has 4 nitrogen and oxygen atoms in total. The monoisotopic (exact) mass is 361 g/mol. The molecule has 2 aromatic carbocycles. The number of pyridine rings is 1. The van der Waals surface area contributed by atoms with E-state index in [0.29, 0.717) is 23.4 Å². The van der Waals surface area contributed by atoms with Gasteiger partial charge in [-0.25, -0.2) is 9.37 Å². The summed E-state index contributed by atoms with van der Waals surface area (Å²) in [4.78, 5) is 15.4. The van der Waals surface area contributed by atoms with Gasteiger partial charge in [-0.1, -0.05) is 12.1 Å². The van der Waals surface area contributed by atoms with Crippen LogP contribution in [-0.2, 0) is 11.2 Å². The summed E-state index contributed by atoms with van der Waals surface area (Å²) in [5.41, 5.74) is 2.83. The van der Waals surface area contributed by atoms with Crippen LogP contribution < -0.4 is 4.74 Å². The van der Waals surface area contributed by atoms with Crippen molar-refractivity contribution in [2.75, 3.05) is 7.11 Å². The zero-order valence-electron chi connectivity index (χ0n) is 13.5. The Balaban J connectivity index is 0.00000225.